The van der Waals surface area contributed by atoms with Crippen molar-refractivity contribution >= 4 is 17.8 Å². The molecule has 7 nitrogen and oxygen atoms in total. The Hall–Kier alpha value is -1.84. The first-order chi connectivity index (χ1) is 9.19. The summed E-state index contributed by atoms with van der Waals surface area (Å²) in [4.78, 5) is 33.1. The van der Waals surface area contributed by atoms with E-state index in [-0.39, 0.29) is 12.8 Å². The van der Waals surface area contributed by atoms with Gasteiger partial charge in [-0.15, -0.1) is 0 Å². The van der Waals surface area contributed by atoms with Gasteiger partial charge in [-0.2, -0.15) is 13.2 Å². The van der Waals surface area contributed by atoms with E-state index >= 15 is 0 Å². The SMILES string of the molecule is O=C(CNC(=O)[C@@H]1CC[C@H](C(=O)O)O1)NCC(F)(F)F. The largest absolute Gasteiger partial charge is 0.479 e. The first-order valence-corrected chi connectivity index (χ1v) is 5.68. The summed E-state index contributed by atoms with van der Waals surface area (Å²) >= 11 is 0. The summed E-state index contributed by atoms with van der Waals surface area (Å²) in [5.74, 6) is -2.91. The fourth-order valence-electron chi connectivity index (χ4n) is 1.55. The van der Waals surface area contributed by atoms with E-state index in [2.05, 4.69) is 5.32 Å². The van der Waals surface area contributed by atoms with E-state index in [0.29, 0.717) is 0 Å². The number of aliphatic carboxylic acids is 1. The second-order valence-electron chi connectivity index (χ2n) is 4.14. The molecule has 10 heteroatoms. The molecule has 0 spiro atoms. The normalized spacial score (nSPS) is 22.4. The molecule has 1 fully saturated rings. The van der Waals surface area contributed by atoms with Gasteiger partial charge in [0.05, 0.1) is 6.54 Å². The number of amides is 2. The molecule has 0 unspecified atom stereocenters. The molecule has 1 aliphatic heterocycles. The third-order valence-electron chi connectivity index (χ3n) is 2.50. The van der Waals surface area contributed by atoms with Crippen molar-refractivity contribution in [3.05, 3.63) is 0 Å². The van der Waals surface area contributed by atoms with Crippen molar-refractivity contribution in [2.24, 2.45) is 0 Å². The standard InChI is InChI=1S/C10H13F3N2O5/c11-10(12,13)4-15-7(16)3-14-8(17)5-1-2-6(20-5)9(18)19/h5-6H,1-4H2,(H,14,17)(H,15,16)(H,18,19)/t5-,6+/m0/s1. The minimum atomic E-state index is -4.52. The molecule has 0 radical (unpaired) electrons. The van der Waals surface area contributed by atoms with Crippen LogP contribution >= 0.6 is 0 Å². The van der Waals surface area contributed by atoms with Gasteiger partial charge in [0.1, 0.15) is 12.6 Å². The molecule has 0 aromatic rings. The van der Waals surface area contributed by atoms with Crippen LogP contribution in [0.1, 0.15) is 12.8 Å². The van der Waals surface area contributed by atoms with Crippen LogP contribution in [0.5, 0.6) is 0 Å². The van der Waals surface area contributed by atoms with Crippen LogP contribution in [0, 0.1) is 0 Å². The van der Waals surface area contributed by atoms with Crippen LogP contribution in [-0.4, -0.2) is 54.4 Å². The van der Waals surface area contributed by atoms with E-state index in [0.717, 1.165) is 0 Å². The highest BCUT2D eigenvalue weighted by Crippen LogP contribution is 2.19. The number of halogens is 3. The Morgan fingerprint density at radius 2 is 1.75 bits per heavy atom. The quantitative estimate of drug-likeness (QED) is 0.629. The maximum atomic E-state index is 11.8. The Morgan fingerprint density at radius 1 is 1.15 bits per heavy atom. The minimum absolute atomic E-state index is 0.160. The van der Waals surface area contributed by atoms with E-state index in [4.69, 9.17) is 9.84 Å². The van der Waals surface area contributed by atoms with Crippen molar-refractivity contribution in [1.29, 1.82) is 0 Å². The van der Waals surface area contributed by atoms with Gasteiger partial charge in [0.2, 0.25) is 11.8 Å². The third kappa shape index (κ3) is 5.43. The summed E-state index contributed by atoms with van der Waals surface area (Å²) in [6, 6.07) is 0. The van der Waals surface area contributed by atoms with Crippen molar-refractivity contribution in [2.45, 2.75) is 31.2 Å². The topological polar surface area (TPSA) is 105 Å². The van der Waals surface area contributed by atoms with Gasteiger partial charge in [-0.1, -0.05) is 0 Å². The third-order valence-corrected chi connectivity index (χ3v) is 2.50. The molecular weight excluding hydrogens is 285 g/mol. The van der Waals surface area contributed by atoms with Gasteiger partial charge in [0.25, 0.3) is 0 Å². The smallest absolute Gasteiger partial charge is 0.405 e. The molecule has 0 bridgehead atoms. The Labute approximate surface area is 111 Å². The van der Waals surface area contributed by atoms with Crippen molar-refractivity contribution in [2.75, 3.05) is 13.1 Å². The molecule has 20 heavy (non-hydrogen) atoms. The summed E-state index contributed by atoms with van der Waals surface area (Å²) in [7, 11) is 0. The van der Waals surface area contributed by atoms with Gasteiger partial charge in [-0.3, -0.25) is 9.59 Å². The van der Waals surface area contributed by atoms with Gasteiger partial charge < -0.3 is 20.5 Å². The van der Waals surface area contributed by atoms with Crippen molar-refractivity contribution in [1.82, 2.24) is 10.6 Å². The van der Waals surface area contributed by atoms with Gasteiger partial charge in [0, 0.05) is 0 Å². The van der Waals surface area contributed by atoms with Crippen molar-refractivity contribution in [3.8, 4) is 0 Å². The Balaban J connectivity index is 2.27. The number of carbonyl (C=O) groups is 3. The van der Waals surface area contributed by atoms with Crippen molar-refractivity contribution < 1.29 is 37.4 Å². The number of hydrogen-bond donors (Lipinski definition) is 3. The number of ether oxygens (including phenoxy) is 1. The predicted molar refractivity (Wildman–Crippen MR) is 57.6 cm³/mol. The fraction of sp³-hybridized carbons (Fsp3) is 0.700. The highest BCUT2D eigenvalue weighted by molar-refractivity contribution is 5.87. The van der Waals surface area contributed by atoms with E-state index in [9.17, 15) is 27.6 Å². The zero-order valence-electron chi connectivity index (χ0n) is 10.2. The molecule has 2 amide bonds. The van der Waals surface area contributed by atoms with E-state index in [1.54, 1.807) is 5.32 Å². The monoisotopic (exact) mass is 298 g/mol. The molecule has 0 aromatic heterocycles. The minimum Gasteiger partial charge on any atom is -0.479 e. The number of carboxylic acid groups (broad SMARTS) is 1. The van der Waals surface area contributed by atoms with Gasteiger partial charge in [0.15, 0.2) is 6.10 Å². The van der Waals surface area contributed by atoms with Crippen LogP contribution < -0.4 is 10.6 Å². The van der Waals surface area contributed by atoms with Crippen LogP contribution in [0.2, 0.25) is 0 Å². The summed E-state index contributed by atoms with van der Waals surface area (Å²) < 4.78 is 40.3. The summed E-state index contributed by atoms with van der Waals surface area (Å²) in [5.41, 5.74) is 0. The van der Waals surface area contributed by atoms with E-state index < -0.39 is 49.3 Å². The van der Waals surface area contributed by atoms with Gasteiger partial charge in [-0.05, 0) is 12.8 Å². The number of nitrogens with one attached hydrogen (secondary N) is 2. The Bertz CT molecular complexity index is 399. The zero-order valence-corrected chi connectivity index (χ0v) is 10.2. The molecule has 0 aromatic carbocycles. The van der Waals surface area contributed by atoms with Gasteiger partial charge in [-0.25, -0.2) is 4.79 Å². The lowest BCUT2D eigenvalue weighted by Crippen LogP contribution is -2.43. The number of hydrogen-bond acceptors (Lipinski definition) is 4. The summed E-state index contributed by atoms with van der Waals surface area (Å²) in [6.07, 6.45) is -6.28. The lowest BCUT2D eigenvalue weighted by molar-refractivity contribution is -0.152. The maximum Gasteiger partial charge on any atom is 0.405 e. The molecule has 1 rings (SSSR count). The van der Waals surface area contributed by atoms with Crippen LogP contribution in [-0.2, 0) is 19.1 Å². The Morgan fingerprint density at radius 3 is 2.25 bits per heavy atom. The maximum absolute atomic E-state index is 11.8. The fourth-order valence-corrected chi connectivity index (χ4v) is 1.55. The second kappa shape index (κ2) is 6.55. The molecule has 1 saturated heterocycles. The first kappa shape index (κ1) is 16.2. The average Bonchev–Trinajstić information content (AvgIpc) is 2.82. The number of carbonyl (C=O) groups excluding carboxylic acids is 2. The summed E-state index contributed by atoms with van der Waals surface area (Å²) in [5, 5.41) is 12.3. The lowest BCUT2D eigenvalue weighted by Gasteiger charge is -2.12. The molecule has 2 atom stereocenters. The average molecular weight is 298 g/mol. The highest BCUT2D eigenvalue weighted by Gasteiger charge is 2.34. The van der Waals surface area contributed by atoms with Crippen LogP contribution in [0.3, 0.4) is 0 Å². The van der Waals surface area contributed by atoms with Crippen LogP contribution in [0.25, 0.3) is 0 Å². The number of carboxylic acids is 1. The molecule has 3 N–H and O–H groups in total. The van der Waals surface area contributed by atoms with E-state index in [1.807, 2.05) is 0 Å². The molecule has 0 saturated carbocycles. The number of alkyl halides is 3. The molecular formula is C10H13F3N2O5. The lowest BCUT2D eigenvalue weighted by atomic mass is 10.2. The molecule has 114 valence electrons. The number of rotatable bonds is 5. The molecule has 0 aliphatic carbocycles. The van der Waals surface area contributed by atoms with E-state index in [1.165, 1.54) is 0 Å². The Kier molecular flexibility index (Phi) is 5.31. The van der Waals surface area contributed by atoms with Crippen LogP contribution in [0.4, 0.5) is 13.2 Å². The molecule has 1 heterocycles. The highest BCUT2D eigenvalue weighted by atomic mass is 19.4. The first-order valence-electron chi connectivity index (χ1n) is 5.68. The van der Waals surface area contributed by atoms with Crippen LogP contribution in [0.15, 0.2) is 0 Å². The van der Waals surface area contributed by atoms with Crippen molar-refractivity contribution in [3.63, 3.8) is 0 Å². The molecule has 1 aliphatic rings. The second-order valence-corrected chi connectivity index (χ2v) is 4.14. The van der Waals surface area contributed by atoms with Gasteiger partial charge >= 0.3 is 12.1 Å². The summed E-state index contributed by atoms with van der Waals surface area (Å²) in [6.45, 7) is -2.12. The predicted octanol–water partition coefficient (Wildman–Crippen LogP) is -0.587. The zero-order chi connectivity index (χ0) is 15.3.